The molecule has 0 radical (unpaired) electrons. The Morgan fingerprint density at radius 1 is 0.902 bits per heavy atom. The number of carbonyl (C=O) groups is 2. The number of aliphatic hydroxyl groups is 1. The van der Waals surface area contributed by atoms with Crippen molar-refractivity contribution in [2.45, 2.75) is 50.5 Å². The second kappa shape index (κ2) is 10.0. The molecule has 6 rings (SSSR count). The first-order chi connectivity index (χ1) is 19.4. The van der Waals surface area contributed by atoms with E-state index >= 15 is 0 Å². The van der Waals surface area contributed by atoms with Gasteiger partial charge in [-0.1, -0.05) is 18.2 Å². The van der Waals surface area contributed by atoms with E-state index in [9.17, 15) is 23.1 Å². The minimum absolute atomic E-state index is 0.129. The monoisotopic (exact) mass is 583 g/mol. The Morgan fingerprint density at radius 2 is 1.59 bits per heavy atom. The van der Waals surface area contributed by atoms with E-state index in [4.69, 9.17) is 14.2 Å². The molecular weight excluding hydrogens is 550 g/mol. The second-order valence-corrected chi connectivity index (χ2v) is 13.6. The molecule has 2 aromatic rings. The van der Waals surface area contributed by atoms with Crippen molar-refractivity contribution in [3.63, 3.8) is 0 Å². The van der Waals surface area contributed by atoms with E-state index in [2.05, 4.69) is 0 Å². The maximum absolute atomic E-state index is 13.4. The molecule has 0 bridgehead atoms. The van der Waals surface area contributed by atoms with Crippen molar-refractivity contribution >= 4 is 22.0 Å². The Balaban J connectivity index is 1.10. The third-order valence-electron chi connectivity index (χ3n) is 7.66. The molecule has 0 aromatic heterocycles. The van der Waals surface area contributed by atoms with Crippen LogP contribution >= 0.6 is 0 Å². The van der Waals surface area contributed by atoms with Gasteiger partial charge in [0.1, 0.15) is 18.8 Å². The minimum atomic E-state index is -3.78. The summed E-state index contributed by atoms with van der Waals surface area (Å²) in [6.07, 6.45) is -1.85. The summed E-state index contributed by atoms with van der Waals surface area (Å²) in [4.78, 5) is 29.3. The van der Waals surface area contributed by atoms with Crippen LogP contribution in [0.25, 0.3) is 0 Å². The first-order valence-corrected chi connectivity index (χ1v) is 15.0. The summed E-state index contributed by atoms with van der Waals surface area (Å²) in [5.74, 6) is 0.473. The van der Waals surface area contributed by atoms with Crippen LogP contribution in [0.1, 0.15) is 43.6 Å². The smallest absolute Gasteiger partial charge is 0.410 e. The number of amides is 2. The lowest BCUT2D eigenvalue weighted by molar-refractivity contribution is -0.139. The highest BCUT2D eigenvalue weighted by Gasteiger charge is 2.40. The molecule has 0 spiro atoms. The van der Waals surface area contributed by atoms with Gasteiger partial charge in [0, 0.05) is 38.8 Å². The van der Waals surface area contributed by atoms with Crippen molar-refractivity contribution in [3.8, 4) is 11.5 Å². The van der Waals surface area contributed by atoms with Gasteiger partial charge in [0.25, 0.3) is 5.91 Å². The topological polar surface area (TPSA) is 126 Å². The first kappa shape index (κ1) is 27.6. The molecule has 11 nitrogen and oxygen atoms in total. The van der Waals surface area contributed by atoms with Crippen LogP contribution in [0.3, 0.4) is 0 Å². The van der Waals surface area contributed by atoms with Crippen LogP contribution in [-0.4, -0.2) is 84.6 Å². The summed E-state index contributed by atoms with van der Waals surface area (Å²) in [7, 11) is -3.78. The summed E-state index contributed by atoms with van der Waals surface area (Å²) < 4.78 is 44.7. The number of benzene rings is 2. The van der Waals surface area contributed by atoms with E-state index in [0.29, 0.717) is 36.8 Å². The molecule has 12 heteroatoms. The molecule has 218 valence electrons. The lowest BCUT2D eigenvalue weighted by atomic mass is 9.98. The molecule has 0 fully saturated rings. The Bertz CT molecular complexity index is 1540. The molecule has 1 atom stereocenters. The first-order valence-electron chi connectivity index (χ1n) is 13.6. The summed E-state index contributed by atoms with van der Waals surface area (Å²) >= 11 is 0. The number of ether oxygens (including phenoxy) is 3. The van der Waals surface area contributed by atoms with E-state index in [-0.39, 0.29) is 37.6 Å². The van der Waals surface area contributed by atoms with Crippen molar-refractivity contribution in [3.05, 3.63) is 64.2 Å². The third kappa shape index (κ3) is 5.15. The molecular formula is C29H33N3O8S. The van der Waals surface area contributed by atoms with Crippen LogP contribution in [-0.2, 0) is 32.6 Å². The molecule has 2 amide bonds. The average molecular weight is 584 g/mol. The molecule has 0 saturated heterocycles. The predicted octanol–water partition coefficient (Wildman–Crippen LogP) is 2.59. The van der Waals surface area contributed by atoms with Gasteiger partial charge >= 0.3 is 6.09 Å². The van der Waals surface area contributed by atoms with E-state index in [0.717, 1.165) is 22.3 Å². The highest BCUT2D eigenvalue weighted by molar-refractivity contribution is 7.89. The number of aliphatic hydroxyl groups excluding tert-OH is 1. The summed E-state index contributed by atoms with van der Waals surface area (Å²) in [5, 5.41) is 11.1. The van der Waals surface area contributed by atoms with Gasteiger partial charge in [0.15, 0.2) is 17.6 Å². The number of rotatable bonds is 4. The van der Waals surface area contributed by atoms with Crippen molar-refractivity contribution in [1.82, 2.24) is 14.1 Å². The fraction of sp³-hybridized carbons (Fsp3) is 0.448. The predicted molar refractivity (Wildman–Crippen MR) is 147 cm³/mol. The Morgan fingerprint density at radius 3 is 2.27 bits per heavy atom. The summed E-state index contributed by atoms with van der Waals surface area (Å²) in [5.41, 5.74) is 3.17. The van der Waals surface area contributed by atoms with Gasteiger partial charge in [-0.05, 0) is 60.7 Å². The van der Waals surface area contributed by atoms with E-state index in [1.165, 1.54) is 16.4 Å². The fourth-order valence-corrected chi connectivity index (χ4v) is 7.12. The number of fused-ring (bicyclic) bond motifs is 2. The van der Waals surface area contributed by atoms with Crippen LogP contribution in [0.4, 0.5) is 4.79 Å². The zero-order valence-corrected chi connectivity index (χ0v) is 24.1. The van der Waals surface area contributed by atoms with Crippen molar-refractivity contribution in [2.24, 2.45) is 0 Å². The van der Waals surface area contributed by atoms with Gasteiger partial charge in [-0.25, -0.2) is 13.2 Å². The van der Waals surface area contributed by atoms with Gasteiger partial charge < -0.3 is 24.2 Å². The SMILES string of the molecule is CC(C)(C)OC(=O)N1Cc2cccc(C(O)C(=O)N3CC4=C(C3)CN(S(=O)(=O)c3ccc5c(c3)OCCO5)C4)c2C1. The van der Waals surface area contributed by atoms with Gasteiger partial charge in [-0.15, -0.1) is 0 Å². The molecule has 4 aliphatic heterocycles. The van der Waals surface area contributed by atoms with Crippen molar-refractivity contribution in [2.75, 3.05) is 39.4 Å². The number of hydrogen-bond acceptors (Lipinski definition) is 8. The zero-order chi connectivity index (χ0) is 29.1. The maximum atomic E-state index is 13.4. The lowest BCUT2D eigenvalue weighted by Crippen LogP contribution is -2.38. The Hall–Kier alpha value is -3.61. The Kier molecular flexibility index (Phi) is 6.74. The quantitative estimate of drug-likeness (QED) is 0.545. The second-order valence-electron chi connectivity index (χ2n) is 11.7. The summed E-state index contributed by atoms with van der Waals surface area (Å²) in [6, 6.07) is 9.96. The lowest BCUT2D eigenvalue weighted by Gasteiger charge is -2.26. The van der Waals surface area contributed by atoms with Crippen molar-refractivity contribution < 1.29 is 37.3 Å². The van der Waals surface area contributed by atoms with Crippen LogP contribution < -0.4 is 9.47 Å². The van der Waals surface area contributed by atoms with Crippen LogP contribution in [0.2, 0.25) is 0 Å². The third-order valence-corrected chi connectivity index (χ3v) is 9.45. The van der Waals surface area contributed by atoms with E-state index in [1.807, 2.05) is 6.07 Å². The normalized spacial score (nSPS) is 19.3. The van der Waals surface area contributed by atoms with Gasteiger partial charge in [0.2, 0.25) is 10.0 Å². The van der Waals surface area contributed by atoms with E-state index in [1.54, 1.807) is 48.8 Å². The minimum Gasteiger partial charge on any atom is -0.486 e. The number of sulfonamides is 1. The van der Waals surface area contributed by atoms with Gasteiger partial charge in [0.05, 0.1) is 11.4 Å². The molecule has 0 aliphatic carbocycles. The summed E-state index contributed by atoms with van der Waals surface area (Å²) in [6.45, 7) is 7.62. The molecule has 2 aromatic carbocycles. The van der Waals surface area contributed by atoms with Crippen LogP contribution in [0, 0.1) is 0 Å². The molecule has 4 heterocycles. The fourth-order valence-electron chi connectivity index (χ4n) is 5.67. The largest absolute Gasteiger partial charge is 0.486 e. The van der Waals surface area contributed by atoms with E-state index < -0.39 is 33.7 Å². The zero-order valence-electron chi connectivity index (χ0n) is 23.3. The van der Waals surface area contributed by atoms with Crippen molar-refractivity contribution in [1.29, 1.82) is 0 Å². The van der Waals surface area contributed by atoms with Gasteiger partial charge in [-0.2, -0.15) is 4.31 Å². The van der Waals surface area contributed by atoms with Crippen LogP contribution in [0.15, 0.2) is 52.4 Å². The number of hydrogen-bond donors (Lipinski definition) is 1. The maximum Gasteiger partial charge on any atom is 0.410 e. The van der Waals surface area contributed by atoms with Gasteiger partial charge in [-0.3, -0.25) is 9.69 Å². The Labute approximate surface area is 238 Å². The molecule has 41 heavy (non-hydrogen) atoms. The highest BCUT2D eigenvalue weighted by Crippen LogP contribution is 2.37. The molecule has 0 saturated carbocycles. The number of nitrogens with zero attached hydrogens (tertiary/aromatic N) is 3. The standard InChI is InChI=1S/C29H33N3O8S/c1-29(2,3)40-28(35)31-12-18-5-4-6-22(23(18)17-31)26(33)27(34)30-13-19-15-32(16-20(19)14-30)41(36,37)21-7-8-24-25(11-21)39-10-9-38-24/h4-8,11,26,33H,9-10,12-17H2,1-3H3. The molecule has 1 N–H and O–H groups in total. The van der Waals surface area contributed by atoms with Crippen LogP contribution in [0.5, 0.6) is 11.5 Å². The molecule has 1 unspecified atom stereocenters. The highest BCUT2D eigenvalue weighted by atomic mass is 32.2. The average Bonchev–Trinajstić information content (AvgIpc) is 3.64. The molecule has 4 aliphatic rings. The number of carbonyl (C=O) groups excluding carboxylic acids is 2.